The minimum absolute atomic E-state index is 0.133. The van der Waals surface area contributed by atoms with E-state index in [2.05, 4.69) is 33.6 Å². The summed E-state index contributed by atoms with van der Waals surface area (Å²) in [6.07, 6.45) is 7.32. The second kappa shape index (κ2) is 8.62. The first-order chi connectivity index (χ1) is 11.7. The Bertz CT molecular complexity index is 486. The normalized spacial score (nSPS) is 23.4. The summed E-state index contributed by atoms with van der Waals surface area (Å²) in [7, 11) is 0. The van der Waals surface area contributed by atoms with E-state index < -0.39 is 0 Å². The van der Waals surface area contributed by atoms with E-state index in [1.165, 1.54) is 19.3 Å². The molecule has 0 saturated carbocycles. The third kappa shape index (κ3) is 4.80. The molecule has 0 unspecified atom stereocenters. The standard InChI is InChI=1S/C18H30N4O2/c1-3-6-21-9-10-23-17(13-21)14-24-16-11-19-18(20-12-16)22-7-4-15(2)5-8-22/h11-12,15,17H,3-10,13-14H2,1-2H3/t17-/m1/s1. The minimum atomic E-state index is 0.133. The molecule has 1 atom stereocenters. The number of morpholine rings is 1. The van der Waals surface area contributed by atoms with Crippen LogP contribution in [0.5, 0.6) is 5.75 Å². The number of ether oxygens (including phenoxy) is 2. The Morgan fingerprint density at radius 2 is 1.96 bits per heavy atom. The molecule has 0 N–H and O–H groups in total. The van der Waals surface area contributed by atoms with Crippen LogP contribution < -0.4 is 9.64 Å². The summed E-state index contributed by atoms with van der Waals surface area (Å²) in [6.45, 7) is 11.1. The van der Waals surface area contributed by atoms with Crippen LogP contribution in [-0.4, -0.2) is 66.9 Å². The molecule has 134 valence electrons. The molecule has 0 radical (unpaired) electrons. The number of hydrogen-bond acceptors (Lipinski definition) is 6. The van der Waals surface area contributed by atoms with E-state index in [1.807, 2.05) is 0 Å². The average molecular weight is 334 g/mol. The van der Waals surface area contributed by atoms with Gasteiger partial charge in [0, 0.05) is 26.2 Å². The maximum atomic E-state index is 5.84. The fourth-order valence-electron chi connectivity index (χ4n) is 3.35. The van der Waals surface area contributed by atoms with Gasteiger partial charge in [0.15, 0.2) is 5.75 Å². The van der Waals surface area contributed by atoms with Gasteiger partial charge in [-0.25, -0.2) is 9.97 Å². The van der Waals surface area contributed by atoms with Crippen molar-refractivity contribution in [3.63, 3.8) is 0 Å². The molecule has 24 heavy (non-hydrogen) atoms. The molecule has 0 aliphatic carbocycles. The van der Waals surface area contributed by atoms with Crippen LogP contribution in [0.4, 0.5) is 5.95 Å². The summed E-state index contributed by atoms with van der Waals surface area (Å²) in [5.74, 6) is 2.35. The zero-order chi connectivity index (χ0) is 16.8. The van der Waals surface area contributed by atoms with Crippen molar-refractivity contribution in [3.8, 4) is 5.75 Å². The summed E-state index contributed by atoms with van der Waals surface area (Å²) >= 11 is 0. The van der Waals surface area contributed by atoms with Crippen molar-refractivity contribution in [2.24, 2.45) is 5.92 Å². The number of rotatable bonds is 6. The summed E-state index contributed by atoms with van der Waals surface area (Å²) in [4.78, 5) is 13.6. The SMILES string of the molecule is CCCN1CCO[C@@H](COc2cnc(N3CCC(C)CC3)nc2)C1. The Hall–Kier alpha value is -1.40. The number of anilines is 1. The fraction of sp³-hybridized carbons (Fsp3) is 0.778. The van der Waals surface area contributed by atoms with Crippen LogP contribution in [0.25, 0.3) is 0 Å². The van der Waals surface area contributed by atoms with Crippen molar-refractivity contribution in [3.05, 3.63) is 12.4 Å². The van der Waals surface area contributed by atoms with Gasteiger partial charge in [-0.1, -0.05) is 13.8 Å². The van der Waals surface area contributed by atoms with Gasteiger partial charge in [-0.15, -0.1) is 0 Å². The highest BCUT2D eigenvalue weighted by Gasteiger charge is 2.21. The number of hydrogen-bond donors (Lipinski definition) is 0. The highest BCUT2D eigenvalue weighted by molar-refractivity contribution is 5.31. The first-order valence-electron chi connectivity index (χ1n) is 9.28. The van der Waals surface area contributed by atoms with Gasteiger partial charge in [0.25, 0.3) is 0 Å². The second-order valence-electron chi connectivity index (χ2n) is 6.99. The maximum absolute atomic E-state index is 5.84. The Morgan fingerprint density at radius 1 is 1.21 bits per heavy atom. The van der Waals surface area contributed by atoms with Gasteiger partial charge in [0.2, 0.25) is 5.95 Å². The van der Waals surface area contributed by atoms with Crippen molar-refractivity contribution in [1.29, 1.82) is 0 Å². The van der Waals surface area contributed by atoms with Crippen LogP contribution in [0.15, 0.2) is 12.4 Å². The highest BCUT2D eigenvalue weighted by atomic mass is 16.5. The molecule has 6 nitrogen and oxygen atoms in total. The van der Waals surface area contributed by atoms with Gasteiger partial charge >= 0.3 is 0 Å². The molecule has 2 aliphatic heterocycles. The minimum Gasteiger partial charge on any atom is -0.488 e. The second-order valence-corrected chi connectivity index (χ2v) is 6.99. The molecule has 1 aromatic rings. The Kier molecular flexibility index (Phi) is 6.26. The number of aromatic nitrogens is 2. The van der Waals surface area contributed by atoms with Crippen molar-refractivity contribution in [2.45, 2.75) is 39.2 Å². The van der Waals surface area contributed by atoms with E-state index in [-0.39, 0.29) is 6.10 Å². The topological polar surface area (TPSA) is 50.7 Å². The van der Waals surface area contributed by atoms with Crippen LogP contribution in [0, 0.1) is 5.92 Å². The third-order valence-electron chi connectivity index (χ3n) is 4.88. The van der Waals surface area contributed by atoms with Crippen molar-refractivity contribution < 1.29 is 9.47 Å². The molecule has 3 heterocycles. The summed E-state index contributed by atoms with van der Waals surface area (Å²) < 4.78 is 11.6. The lowest BCUT2D eigenvalue weighted by atomic mass is 10.00. The molecule has 6 heteroatoms. The molecule has 3 rings (SSSR count). The monoisotopic (exact) mass is 334 g/mol. The Morgan fingerprint density at radius 3 is 2.67 bits per heavy atom. The molecule has 0 spiro atoms. The quantitative estimate of drug-likeness (QED) is 0.795. The van der Waals surface area contributed by atoms with Crippen molar-refractivity contribution >= 4 is 5.95 Å². The molecule has 0 amide bonds. The summed E-state index contributed by atoms with van der Waals surface area (Å²) in [5.41, 5.74) is 0. The summed E-state index contributed by atoms with van der Waals surface area (Å²) in [6, 6.07) is 0. The Labute approximate surface area is 145 Å². The lowest BCUT2D eigenvalue weighted by molar-refractivity contribution is -0.0478. The fourth-order valence-corrected chi connectivity index (χ4v) is 3.35. The lowest BCUT2D eigenvalue weighted by Gasteiger charge is -2.32. The molecular weight excluding hydrogens is 304 g/mol. The molecule has 1 aromatic heterocycles. The smallest absolute Gasteiger partial charge is 0.225 e. The largest absolute Gasteiger partial charge is 0.488 e. The van der Waals surface area contributed by atoms with Crippen LogP contribution in [-0.2, 0) is 4.74 Å². The van der Waals surface area contributed by atoms with Gasteiger partial charge in [-0.2, -0.15) is 0 Å². The molecule has 2 fully saturated rings. The number of nitrogens with zero attached hydrogens (tertiary/aromatic N) is 4. The average Bonchev–Trinajstić information content (AvgIpc) is 2.62. The predicted octanol–water partition coefficient (Wildman–Crippen LogP) is 2.20. The van der Waals surface area contributed by atoms with Crippen LogP contribution >= 0.6 is 0 Å². The molecule has 2 saturated heterocycles. The van der Waals surface area contributed by atoms with E-state index in [0.717, 1.165) is 56.9 Å². The lowest BCUT2D eigenvalue weighted by Crippen LogP contribution is -2.45. The van der Waals surface area contributed by atoms with Gasteiger partial charge in [-0.05, 0) is 31.7 Å². The van der Waals surface area contributed by atoms with Crippen molar-refractivity contribution in [1.82, 2.24) is 14.9 Å². The van der Waals surface area contributed by atoms with E-state index in [1.54, 1.807) is 12.4 Å². The van der Waals surface area contributed by atoms with Gasteiger partial charge in [0.1, 0.15) is 12.7 Å². The molecule has 0 aromatic carbocycles. The third-order valence-corrected chi connectivity index (χ3v) is 4.88. The first-order valence-corrected chi connectivity index (χ1v) is 9.28. The van der Waals surface area contributed by atoms with E-state index in [0.29, 0.717) is 6.61 Å². The van der Waals surface area contributed by atoms with E-state index in [9.17, 15) is 0 Å². The molecule has 2 aliphatic rings. The van der Waals surface area contributed by atoms with Gasteiger partial charge in [-0.3, -0.25) is 4.90 Å². The van der Waals surface area contributed by atoms with Crippen LogP contribution in [0.2, 0.25) is 0 Å². The Balaban J connectivity index is 1.46. The predicted molar refractivity (Wildman–Crippen MR) is 94.6 cm³/mol. The molecular formula is C18H30N4O2. The van der Waals surface area contributed by atoms with Crippen LogP contribution in [0.3, 0.4) is 0 Å². The highest BCUT2D eigenvalue weighted by Crippen LogP contribution is 2.20. The zero-order valence-corrected chi connectivity index (χ0v) is 15.0. The van der Waals surface area contributed by atoms with E-state index >= 15 is 0 Å². The van der Waals surface area contributed by atoms with Crippen LogP contribution in [0.1, 0.15) is 33.1 Å². The van der Waals surface area contributed by atoms with Gasteiger partial charge in [0.05, 0.1) is 19.0 Å². The zero-order valence-electron chi connectivity index (χ0n) is 15.0. The van der Waals surface area contributed by atoms with E-state index in [4.69, 9.17) is 9.47 Å². The maximum Gasteiger partial charge on any atom is 0.225 e. The first kappa shape index (κ1) is 17.4. The molecule has 0 bridgehead atoms. The summed E-state index contributed by atoms with van der Waals surface area (Å²) in [5, 5.41) is 0. The van der Waals surface area contributed by atoms with Gasteiger partial charge < -0.3 is 14.4 Å². The van der Waals surface area contributed by atoms with Crippen molar-refractivity contribution in [2.75, 3.05) is 50.8 Å². The number of piperidine rings is 1.